The normalized spacial score (nSPS) is 17.6. The van der Waals surface area contributed by atoms with Crippen molar-refractivity contribution >= 4 is 5.91 Å². The van der Waals surface area contributed by atoms with Gasteiger partial charge in [0.15, 0.2) is 0 Å². The lowest BCUT2D eigenvalue weighted by Crippen LogP contribution is -2.33. The van der Waals surface area contributed by atoms with Crippen molar-refractivity contribution in [1.29, 1.82) is 0 Å². The first kappa shape index (κ1) is 12.2. The Morgan fingerprint density at radius 1 is 1.24 bits per heavy atom. The van der Waals surface area contributed by atoms with Gasteiger partial charge in [-0.2, -0.15) is 0 Å². The molecule has 17 heavy (non-hydrogen) atoms. The standard InChI is InChI=1S/C13H20N2O2/c14-9-12-8-11(10-17-12)13(16)15-6-4-2-1-3-5-7-15/h8,10H,1-7,9,14H2. The van der Waals surface area contributed by atoms with Crippen molar-refractivity contribution in [1.82, 2.24) is 4.90 Å². The number of hydrogen-bond acceptors (Lipinski definition) is 3. The topological polar surface area (TPSA) is 59.5 Å². The molecule has 2 N–H and O–H groups in total. The van der Waals surface area contributed by atoms with E-state index in [0.29, 0.717) is 17.9 Å². The molecule has 1 aliphatic rings. The number of furan rings is 1. The van der Waals surface area contributed by atoms with Gasteiger partial charge >= 0.3 is 0 Å². The molecular formula is C13H20N2O2. The number of nitrogens with zero attached hydrogens (tertiary/aromatic N) is 1. The van der Waals surface area contributed by atoms with Crippen LogP contribution in [0.1, 0.15) is 48.2 Å². The second-order valence-electron chi connectivity index (χ2n) is 4.57. The van der Waals surface area contributed by atoms with Crippen LogP contribution in [0.5, 0.6) is 0 Å². The zero-order valence-electron chi connectivity index (χ0n) is 10.2. The van der Waals surface area contributed by atoms with Crippen LogP contribution in [0.15, 0.2) is 16.7 Å². The fourth-order valence-electron chi connectivity index (χ4n) is 2.23. The van der Waals surface area contributed by atoms with Gasteiger partial charge in [-0.25, -0.2) is 0 Å². The molecule has 94 valence electrons. The Labute approximate surface area is 102 Å². The molecule has 1 saturated heterocycles. The van der Waals surface area contributed by atoms with Gasteiger partial charge in [-0.15, -0.1) is 0 Å². The van der Waals surface area contributed by atoms with Gasteiger partial charge in [-0.3, -0.25) is 4.79 Å². The summed E-state index contributed by atoms with van der Waals surface area (Å²) in [5, 5.41) is 0. The Hall–Kier alpha value is -1.29. The molecule has 0 radical (unpaired) electrons. The molecule has 2 heterocycles. The minimum Gasteiger partial charge on any atom is -0.467 e. The van der Waals surface area contributed by atoms with Crippen molar-refractivity contribution in [2.45, 2.75) is 38.6 Å². The first-order valence-corrected chi connectivity index (χ1v) is 6.38. The van der Waals surface area contributed by atoms with E-state index in [-0.39, 0.29) is 5.91 Å². The molecule has 0 unspecified atom stereocenters. The predicted molar refractivity (Wildman–Crippen MR) is 65.6 cm³/mol. The van der Waals surface area contributed by atoms with Crippen LogP contribution in [0.3, 0.4) is 0 Å². The monoisotopic (exact) mass is 236 g/mol. The molecule has 1 aliphatic heterocycles. The van der Waals surface area contributed by atoms with Crippen molar-refractivity contribution in [2.24, 2.45) is 5.73 Å². The molecule has 0 saturated carbocycles. The predicted octanol–water partition coefficient (Wildman–Crippen LogP) is 2.14. The van der Waals surface area contributed by atoms with E-state index in [1.807, 2.05) is 4.90 Å². The highest BCUT2D eigenvalue weighted by atomic mass is 16.3. The van der Waals surface area contributed by atoms with Gasteiger partial charge in [-0.1, -0.05) is 19.3 Å². The summed E-state index contributed by atoms with van der Waals surface area (Å²) < 4.78 is 5.21. The van der Waals surface area contributed by atoms with Gasteiger partial charge in [0.1, 0.15) is 12.0 Å². The number of rotatable bonds is 2. The fourth-order valence-corrected chi connectivity index (χ4v) is 2.23. The molecular weight excluding hydrogens is 216 g/mol. The highest BCUT2D eigenvalue weighted by Crippen LogP contribution is 2.15. The van der Waals surface area contributed by atoms with E-state index in [2.05, 4.69) is 0 Å². The van der Waals surface area contributed by atoms with Crippen LogP contribution in [0.2, 0.25) is 0 Å². The molecule has 0 atom stereocenters. The number of amides is 1. The number of nitrogens with two attached hydrogens (primary N) is 1. The van der Waals surface area contributed by atoms with Gasteiger partial charge < -0.3 is 15.1 Å². The minimum atomic E-state index is 0.0790. The van der Waals surface area contributed by atoms with Crippen molar-refractivity contribution in [3.63, 3.8) is 0 Å². The Balaban J connectivity index is 2.01. The van der Waals surface area contributed by atoms with Crippen LogP contribution in [0.25, 0.3) is 0 Å². The highest BCUT2D eigenvalue weighted by Gasteiger charge is 2.18. The second-order valence-corrected chi connectivity index (χ2v) is 4.57. The zero-order chi connectivity index (χ0) is 12.1. The molecule has 1 aromatic heterocycles. The van der Waals surface area contributed by atoms with Gasteiger partial charge in [0.25, 0.3) is 5.91 Å². The highest BCUT2D eigenvalue weighted by molar-refractivity contribution is 5.94. The third-order valence-corrected chi connectivity index (χ3v) is 3.25. The van der Waals surface area contributed by atoms with E-state index >= 15 is 0 Å². The zero-order valence-corrected chi connectivity index (χ0v) is 10.2. The lowest BCUT2D eigenvalue weighted by Gasteiger charge is -2.24. The molecule has 1 aromatic rings. The van der Waals surface area contributed by atoms with Crippen molar-refractivity contribution in [3.8, 4) is 0 Å². The van der Waals surface area contributed by atoms with Crippen LogP contribution < -0.4 is 5.73 Å². The van der Waals surface area contributed by atoms with E-state index in [4.69, 9.17) is 10.2 Å². The van der Waals surface area contributed by atoms with Crippen molar-refractivity contribution < 1.29 is 9.21 Å². The van der Waals surface area contributed by atoms with Crippen LogP contribution in [-0.4, -0.2) is 23.9 Å². The number of carbonyl (C=O) groups is 1. The molecule has 0 aliphatic carbocycles. The van der Waals surface area contributed by atoms with E-state index in [9.17, 15) is 4.79 Å². The third kappa shape index (κ3) is 3.09. The van der Waals surface area contributed by atoms with Crippen LogP contribution >= 0.6 is 0 Å². The first-order chi connectivity index (χ1) is 8.31. The SMILES string of the molecule is NCc1cc(C(=O)N2CCCCCCC2)co1. The maximum atomic E-state index is 12.2. The Morgan fingerprint density at radius 3 is 2.47 bits per heavy atom. The minimum absolute atomic E-state index is 0.0790. The number of likely N-dealkylation sites (tertiary alicyclic amines) is 1. The van der Waals surface area contributed by atoms with Crippen LogP contribution in [0.4, 0.5) is 0 Å². The van der Waals surface area contributed by atoms with E-state index in [1.165, 1.54) is 25.5 Å². The summed E-state index contributed by atoms with van der Waals surface area (Å²) in [7, 11) is 0. The third-order valence-electron chi connectivity index (χ3n) is 3.25. The summed E-state index contributed by atoms with van der Waals surface area (Å²) in [6.45, 7) is 2.07. The van der Waals surface area contributed by atoms with E-state index in [1.54, 1.807) is 6.07 Å². The molecule has 0 aromatic carbocycles. The Morgan fingerprint density at radius 2 is 1.88 bits per heavy atom. The van der Waals surface area contributed by atoms with Gasteiger partial charge in [0, 0.05) is 13.1 Å². The molecule has 4 nitrogen and oxygen atoms in total. The quantitative estimate of drug-likeness (QED) is 0.855. The van der Waals surface area contributed by atoms with Gasteiger partial charge in [-0.05, 0) is 18.9 Å². The van der Waals surface area contributed by atoms with Crippen LogP contribution in [-0.2, 0) is 6.54 Å². The average molecular weight is 236 g/mol. The second kappa shape index (κ2) is 5.87. The van der Waals surface area contributed by atoms with Crippen molar-refractivity contribution in [3.05, 3.63) is 23.7 Å². The molecule has 2 rings (SSSR count). The Kier molecular flexibility index (Phi) is 4.20. The average Bonchev–Trinajstić information content (AvgIpc) is 2.76. The van der Waals surface area contributed by atoms with E-state index in [0.717, 1.165) is 25.9 Å². The largest absolute Gasteiger partial charge is 0.467 e. The smallest absolute Gasteiger partial charge is 0.257 e. The summed E-state index contributed by atoms with van der Waals surface area (Å²) >= 11 is 0. The van der Waals surface area contributed by atoms with E-state index < -0.39 is 0 Å². The fraction of sp³-hybridized carbons (Fsp3) is 0.615. The number of hydrogen-bond donors (Lipinski definition) is 1. The molecule has 1 amide bonds. The Bertz CT molecular complexity index is 365. The number of carbonyl (C=O) groups excluding carboxylic acids is 1. The molecule has 4 heteroatoms. The summed E-state index contributed by atoms with van der Waals surface area (Å²) in [6.07, 6.45) is 7.47. The first-order valence-electron chi connectivity index (χ1n) is 6.38. The summed E-state index contributed by atoms with van der Waals surface area (Å²) in [5.74, 6) is 0.746. The lowest BCUT2D eigenvalue weighted by atomic mass is 10.1. The molecule has 0 spiro atoms. The van der Waals surface area contributed by atoms with Gasteiger partial charge in [0.05, 0.1) is 12.1 Å². The summed E-state index contributed by atoms with van der Waals surface area (Å²) in [5.41, 5.74) is 6.10. The van der Waals surface area contributed by atoms with Gasteiger partial charge in [0.2, 0.25) is 0 Å². The maximum Gasteiger partial charge on any atom is 0.257 e. The molecule has 1 fully saturated rings. The van der Waals surface area contributed by atoms with Crippen molar-refractivity contribution in [2.75, 3.05) is 13.1 Å². The maximum absolute atomic E-state index is 12.2. The summed E-state index contributed by atoms with van der Waals surface area (Å²) in [4.78, 5) is 14.2. The van der Waals surface area contributed by atoms with Crippen LogP contribution in [0, 0.1) is 0 Å². The lowest BCUT2D eigenvalue weighted by molar-refractivity contribution is 0.0741. The summed E-state index contributed by atoms with van der Waals surface area (Å²) in [6, 6.07) is 1.75. The molecule has 0 bridgehead atoms.